The average molecular weight is 1000 g/mol. The molecule has 2 aliphatic rings. The maximum atomic E-state index is 15.6. The van der Waals surface area contributed by atoms with Gasteiger partial charge in [-0.3, -0.25) is 28.2 Å². The van der Waals surface area contributed by atoms with E-state index in [1.54, 1.807) is 0 Å². The van der Waals surface area contributed by atoms with Gasteiger partial charge < -0.3 is 5.32 Å². The van der Waals surface area contributed by atoms with E-state index in [0.717, 1.165) is 53.3 Å². The van der Waals surface area contributed by atoms with Crippen LogP contribution in [0.2, 0.25) is 5.02 Å². The zero-order chi connectivity index (χ0) is 48.9. The molecule has 0 bridgehead atoms. The Morgan fingerprint density at radius 1 is 0.956 bits per heavy atom. The van der Waals surface area contributed by atoms with Crippen LogP contribution < -0.4 is 15.6 Å². The molecular weight excluding hydrogens is 971 g/mol. The van der Waals surface area contributed by atoms with E-state index < -0.39 is 141 Å². The third kappa shape index (κ3) is 8.49. The molecule has 4 aromatic heterocycles. The molecule has 9 rings (SSSR count). The first kappa shape index (κ1) is 46.5. The molecule has 13 nitrogen and oxygen atoms in total. The summed E-state index contributed by atoms with van der Waals surface area (Å²) in [5, 5.41) is 9.22. The molecular formula is C42H29ClF11N9O4S. The van der Waals surface area contributed by atoms with E-state index in [1.807, 2.05) is 0 Å². The summed E-state index contributed by atoms with van der Waals surface area (Å²) < 4.78 is 187. The molecule has 26 heteroatoms. The van der Waals surface area contributed by atoms with Gasteiger partial charge in [0.05, 0.1) is 50.5 Å². The van der Waals surface area contributed by atoms with Crippen molar-refractivity contribution in [3.63, 3.8) is 0 Å². The van der Waals surface area contributed by atoms with Crippen LogP contribution in [-0.4, -0.2) is 61.1 Å². The van der Waals surface area contributed by atoms with Crippen LogP contribution in [0.1, 0.15) is 58.8 Å². The molecule has 2 N–H and O–H groups in total. The van der Waals surface area contributed by atoms with Gasteiger partial charge in [-0.15, -0.1) is 0 Å². The second-order valence-electron chi connectivity index (χ2n) is 16.1. The number of rotatable bonds is 13. The Morgan fingerprint density at radius 2 is 1.68 bits per heavy atom. The zero-order valence-electron chi connectivity index (χ0n) is 34.3. The molecule has 7 aromatic rings. The Bertz CT molecular complexity index is 3380. The van der Waals surface area contributed by atoms with E-state index in [-0.39, 0.29) is 44.6 Å². The van der Waals surface area contributed by atoms with Crippen LogP contribution in [-0.2, 0) is 46.4 Å². The van der Waals surface area contributed by atoms with Crippen LogP contribution in [0.3, 0.4) is 0 Å². The summed E-state index contributed by atoms with van der Waals surface area (Å²) in [5.41, 5.74) is -6.30. The van der Waals surface area contributed by atoms with Crippen molar-refractivity contribution in [3.05, 3.63) is 128 Å². The lowest BCUT2D eigenvalue weighted by Gasteiger charge is -2.24. The molecule has 1 saturated carbocycles. The van der Waals surface area contributed by atoms with Gasteiger partial charge in [0.2, 0.25) is 15.9 Å². The fourth-order valence-electron chi connectivity index (χ4n) is 8.66. The second kappa shape index (κ2) is 16.6. The minimum absolute atomic E-state index is 0.0336. The summed E-state index contributed by atoms with van der Waals surface area (Å²) in [7, 11) is -4.20. The van der Waals surface area contributed by atoms with Gasteiger partial charge in [0.15, 0.2) is 5.82 Å². The molecule has 68 heavy (non-hydrogen) atoms. The van der Waals surface area contributed by atoms with Crippen LogP contribution >= 0.6 is 11.6 Å². The number of sulfonamides is 1. The summed E-state index contributed by atoms with van der Waals surface area (Å²) in [4.78, 5) is 37.5. The number of fused-ring (bicyclic) bond motifs is 5. The van der Waals surface area contributed by atoms with Crippen molar-refractivity contribution in [2.45, 2.75) is 62.8 Å². The third-order valence-corrected chi connectivity index (χ3v) is 12.2. The largest absolute Gasteiger partial charge is 0.433 e. The maximum absolute atomic E-state index is 15.6. The van der Waals surface area contributed by atoms with Crippen LogP contribution in [0.25, 0.3) is 38.8 Å². The predicted molar refractivity (Wildman–Crippen MR) is 221 cm³/mol. The minimum Gasteiger partial charge on any atom is -0.344 e. The van der Waals surface area contributed by atoms with Gasteiger partial charge in [-0.1, -0.05) is 23.7 Å². The Kier molecular flexibility index (Phi) is 11.3. The van der Waals surface area contributed by atoms with Gasteiger partial charge >= 0.3 is 6.18 Å². The second-order valence-corrected chi connectivity index (χ2v) is 18.3. The van der Waals surface area contributed by atoms with Crippen LogP contribution in [0.5, 0.6) is 0 Å². The Balaban J connectivity index is 1.29. The van der Waals surface area contributed by atoms with Gasteiger partial charge in [-0.2, -0.15) is 32.1 Å². The number of nitrogens with zero attached hydrogens (tertiary/aromatic N) is 7. The van der Waals surface area contributed by atoms with E-state index in [4.69, 9.17) is 11.6 Å². The average Bonchev–Trinajstić information content (AvgIpc) is 3.76. The zero-order valence-corrected chi connectivity index (χ0v) is 35.8. The van der Waals surface area contributed by atoms with E-state index in [1.165, 1.54) is 12.1 Å². The van der Waals surface area contributed by atoms with Crippen molar-refractivity contribution in [3.8, 4) is 16.9 Å². The fourth-order valence-corrected chi connectivity index (χ4v) is 9.40. The molecule has 4 heterocycles. The monoisotopic (exact) mass is 999 g/mol. The van der Waals surface area contributed by atoms with Crippen molar-refractivity contribution in [2.24, 2.45) is 5.92 Å². The van der Waals surface area contributed by atoms with Crippen LogP contribution in [0.4, 0.5) is 54.1 Å². The number of nitrogens with one attached hydrogen (secondary N) is 2. The highest BCUT2D eigenvalue weighted by Crippen LogP contribution is 2.68. The molecule has 3 aromatic carbocycles. The standard InChI is InChI=1S/C42H29ClF11N9O4S/c1-68(66,67)60-38-33-24(43)7-8-28(35(33)61(59-38)15-30(46)47)63-39(57-26-12-18(5-6-21(26)40(63)65)25-3-2-4-29(55-25)42(52,53)54)27(11-17-9-19(44)13-20(45)10-17)56-31(64)16-62-36-32(34(58-62)37(48)49)22-14-23(22)41(36,50)51/h2-10,12-13,22-23,27,30,37H,11,14-16H2,1H3,(H,56,64)(H,59,60)/t22-,23+,27-/m0/s1. The number of carbonyl (C=O) groups excluding carboxylic acids is 1. The number of carbonyl (C=O) groups is 1. The molecule has 1 fully saturated rings. The number of aromatic nitrogens is 7. The van der Waals surface area contributed by atoms with E-state index in [0.29, 0.717) is 21.5 Å². The number of pyridine rings is 1. The number of halogens is 12. The van der Waals surface area contributed by atoms with Crippen molar-refractivity contribution in [2.75, 3.05) is 11.0 Å². The topological polar surface area (TPSA) is 159 Å². The summed E-state index contributed by atoms with van der Waals surface area (Å²) in [6.07, 6.45) is -11.4. The lowest BCUT2D eigenvalue weighted by molar-refractivity contribution is -0.141. The summed E-state index contributed by atoms with van der Waals surface area (Å²) >= 11 is 6.54. The summed E-state index contributed by atoms with van der Waals surface area (Å²) in [6, 6.07) is 9.07. The number of benzene rings is 3. The van der Waals surface area contributed by atoms with Gasteiger partial charge in [-0.25, -0.2) is 44.7 Å². The van der Waals surface area contributed by atoms with Gasteiger partial charge in [0.1, 0.15) is 47.6 Å². The van der Waals surface area contributed by atoms with Crippen molar-refractivity contribution < 1.29 is 61.5 Å². The van der Waals surface area contributed by atoms with Gasteiger partial charge in [-0.05, 0) is 66.4 Å². The Hall–Kier alpha value is -6.63. The van der Waals surface area contributed by atoms with Gasteiger partial charge in [0.25, 0.3) is 24.3 Å². The summed E-state index contributed by atoms with van der Waals surface area (Å²) in [6.45, 7) is -2.40. The normalized spacial score (nSPS) is 17.0. The highest BCUT2D eigenvalue weighted by Gasteiger charge is 2.67. The van der Waals surface area contributed by atoms with Crippen LogP contribution in [0.15, 0.2) is 71.5 Å². The maximum Gasteiger partial charge on any atom is 0.433 e. The number of hydrogen-bond donors (Lipinski definition) is 2. The molecule has 0 unspecified atom stereocenters. The molecule has 356 valence electrons. The smallest absolute Gasteiger partial charge is 0.344 e. The Morgan fingerprint density at radius 3 is 2.34 bits per heavy atom. The van der Waals surface area contributed by atoms with Crippen molar-refractivity contribution >= 4 is 55.2 Å². The molecule has 0 radical (unpaired) electrons. The van der Waals surface area contributed by atoms with E-state index in [2.05, 4.69) is 30.2 Å². The SMILES string of the molecule is CS(=O)(=O)Nc1nn(CC(F)F)c2c(-n3c([C@H](Cc4cc(F)cc(F)c4)NC(=O)Cn4nc(C(F)F)c5c4C(F)(F)[C@@H]4C[C@H]54)nc4cc(-c5cccc(C(F)(F)F)n5)ccc4c3=O)ccc(Cl)c12. The third-order valence-electron chi connectivity index (χ3n) is 11.4. The van der Waals surface area contributed by atoms with E-state index in [9.17, 15) is 52.7 Å². The molecule has 0 spiro atoms. The predicted octanol–water partition coefficient (Wildman–Crippen LogP) is 8.83. The first-order valence-corrected chi connectivity index (χ1v) is 22.2. The molecule has 2 aliphatic carbocycles. The number of amides is 1. The first-order chi connectivity index (χ1) is 31.9. The molecule has 0 aliphatic heterocycles. The van der Waals surface area contributed by atoms with Gasteiger partial charge in [0, 0.05) is 29.5 Å². The van der Waals surface area contributed by atoms with E-state index >= 15 is 13.6 Å². The van der Waals surface area contributed by atoms with Crippen LogP contribution in [0, 0.1) is 17.6 Å². The highest BCUT2D eigenvalue weighted by molar-refractivity contribution is 7.92. The molecule has 0 saturated heterocycles. The lowest BCUT2D eigenvalue weighted by atomic mass is 10.0. The number of anilines is 1. The fraction of sp³-hybridized carbons (Fsp3) is 0.286. The number of alkyl halides is 9. The summed E-state index contributed by atoms with van der Waals surface area (Å²) in [5.74, 6) is -10.6. The first-order valence-electron chi connectivity index (χ1n) is 20.0. The van der Waals surface area contributed by atoms with Crippen molar-refractivity contribution in [1.82, 2.24) is 39.4 Å². The van der Waals surface area contributed by atoms with Crippen molar-refractivity contribution in [1.29, 1.82) is 0 Å². The Labute approximate surface area is 379 Å². The molecule has 3 atom stereocenters. The quantitative estimate of drug-likeness (QED) is 0.109. The molecule has 1 amide bonds. The number of hydrogen-bond acceptors (Lipinski definition) is 8. The minimum atomic E-state index is -4.88. The highest BCUT2D eigenvalue weighted by atomic mass is 35.5. The lowest BCUT2D eigenvalue weighted by Crippen LogP contribution is -2.38.